The highest BCUT2D eigenvalue weighted by atomic mass is 16.5. The van der Waals surface area contributed by atoms with Crippen molar-refractivity contribution in [3.8, 4) is 45.6 Å². The third kappa shape index (κ3) is 4.25. The molecule has 220 valence electrons. The van der Waals surface area contributed by atoms with Crippen LogP contribution in [0.3, 0.4) is 0 Å². The van der Waals surface area contributed by atoms with Crippen LogP contribution in [0.5, 0.6) is 34.5 Å². The molecule has 2 aliphatic rings. The van der Waals surface area contributed by atoms with E-state index in [9.17, 15) is 29.7 Å². The number of aliphatic hydroxyl groups is 1. The van der Waals surface area contributed by atoms with Gasteiger partial charge in [0.2, 0.25) is 5.78 Å². The van der Waals surface area contributed by atoms with Crippen molar-refractivity contribution < 1.29 is 48.7 Å². The molecule has 1 atom stereocenters. The van der Waals surface area contributed by atoms with Crippen molar-refractivity contribution in [2.24, 2.45) is 0 Å². The predicted octanol–water partition coefficient (Wildman–Crippen LogP) is 4.63. The van der Waals surface area contributed by atoms with E-state index in [1.807, 2.05) is 0 Å². The van der Waals surface area contributed by atoms with Crippen molar-refractivity contribution in [1.29, 1.82) is 0 Å². The lowest BCUT2D eigenvalue weighted by Crippen LogP contribution is -2.32. The smallest absolute Gasteiger partial charge is 0.314 e. The number of methoxy groups -OCH3 is 3. The van der Waals surface area contributed by atoms with Crippen molar-refractivity contribution in [3.63, 3.8) is 0 Å². The number of phenols is 2. The summed E-state index contributed by atoms with van der Waals surface area (Å²) < 4.78 is 22.5. The first-order valence-electron chi connectivity index (χ1n) is 13.4. The molecule has 0 bridgehead atoms. The minimum atomic E-state index is -1.63. The van der Waals surface area contributed by atoms with Crippen molar-refractivity contribution in [3.05, 3.63) is 69.8 Å². The Balaban J connectivity index is 1.78. The Morgan fingerprint density at radius 1 is 0.767 bits per heavy atom. The molecule has 0 amide bonds. The largest absolute Gasteiger partial charge is 0.507 e. The van der Waals surface area contributed by atoms with Gasteiger partial charge in [0, 0.05) is 29.2 Å². The summed E-state index contributed by atoms with van der Waals surface area (Å²) in [5.41, 5.74) is -1.12. The number of rotatable bonds is 3. The second kappa shape index (κ2) is 9.74. The fourth-order valence-electron chi connectivity index (χ4n) is 6.14. The van der Waals surface area contributed by atoms with Gasteiger partial charge in [-0.3, -0.25) is 14.4 Å². The Bertz CT molecular complexity index is 1920. The number of benzene rings is 4. The quantitative estimate of drug-likeness (QED) is 0.202. The number of aryl methyl sites for hydroxylation is 1. The average Bonchev–Trinajstić information content (AvgIpc) is 2.98. The number of fused-ring (bicyclic) bond motifs is 7. The zero-order valence-electron chi connectivity index (χ0n) is 24.1. The van der Waals surface area contributed by atoms with Gasteiger partial charge in [-0.15, -0.1) is 0 Å². The molecule has 0 aromatic heterocycles. The number of ketones is 2. The van der Waals surface area contributed by atoms with Crippen LogP contribution >= 0.6 is 0 Å². The second-order valence-corrected chi connectivity index (χ2v) is 11.1. The van der Waals surface area contributed by atoms with Crippen LogP contribution in [0.2, 0.25) is 0 Å². The van der Waals surface area contributed by atoms with Crippen molar-refractivity contribution >= 4 is 28.3 Å². The van der Waals surface area contributed by atoms with Crippen molar-refractivity contribution in [2.75, 3.05) is 21.3 Å². The topological polar surface area (TPSA) is 149 Å². The average molecular weight is 585 g/mol. The molecule has 4 aromatic carbocycles. The minimum absolute atomic E-state index is 0.00209. The van der Waals surface area contributed by atoms with E-state index >= 15 is 0 Å². The maximum absolute atomic E-state index is 14.1. The van der Waals surface area contributed by atoms with Crippen LogP contribution < -0.4 is 18.9 Å². The number of esters is 1. The van der Waals surface area contributed by atoms with E-state index in [2.05, 4.69) is 0 Å². The minimum Gasteiger partial charge on any atom is -0.507 e. The summed E-state index contributed by atoms with van der Waals surface area (Å²) in [5.74, 6) is -2.45. The Kier molecular flexibility index (Phi) is 6.35. The molecule has 4 aromatic rings. The van der Waals surface area contributed by atoms with E-state index < -0.39 is 35.3 Å². The second-order valence-electron chi connectivity index (χ2n) is 11.1. The summed E-state index contributed by atoms with van der Waals surface area (Å²) >= 11 is 0. The maximum atomic E-state index is 14.1. The summed E-state index contributed by atoms with van der Waals surface area (Å²) in [5, 5.41) is 34.8. The van der Waals surface area contributed by atoms with E-state index in [0.29, 0.717) is 27.6 Å². The third-order valence-electron chi connectivity index (χ3n) is 7.92. The zero-order valence-corrected chi connectivity index (χ0v) is 24.1. The first-order valence-corrected chi connectivity index (χ1v) is 13.4. The molecule has 3 N–H and O–H groups in total. The van der Waals surface area contributed by atoms with Crippen LogP contribution in [-0.4, -0.2) is 59.8 Å². The zero-order chi connectivity index (χ0) is 31.0. The normalized spacial score (nSPS) is 17.5. The third-order valence-corrected chi connectivity index (χ3v) is 7.92. The van der Waals surface area contributed by atoms with Gasteiger partial charge in [-0.1, -0.05) is 0 Å². The molecule has 0 saturated heterocycles. The molecule has 1 aliphatic carbocycles. The van der Waals surface area contributed by atoms with Gasteiger partial charge in [-0.05, 0) is 60.7 Å². The lowest BCUT2D eigenvalue weighted by molar-refractivity contribution is -0.139. The van der Waals surface area contributed by atoms with Gasteiger partial charge in [0.15, 0.2) is 11.5 Å². The standard InChI is InChI=1S/C33H28O10/c1-14-6-18-26(20(34)7-14)31(38)27-19(29(18)36)11-22(42-5)28-25-16(12-33(2,39)13-23(35)43-32(27)28)8-15-9-17(40-3)10-21(41-4)24(15)30(25)37/h6-11,34,37,39H,12-13H2,1-5H3. The Morgan fingerprint density at radius 3 is 2.14 bits per heavy atom. The molecule has 43 heavy (non-hydrogen) atoms. The summed E-state index contributed by atoms with van der Waals surface area (Å²) in [6, 6.07) is 9.23. The molecule has 1 unspecified atom stereocenters. The number of aromatic hydroxyl groups is 2. The Labute approximate surface area is 246 Å². The van der Waals surface area contributed by atoms with Gasteiger partial charge in [-0.25, -0.2) is 0 Å². The molecule has 1 aliphatic heterocycles. The maximum Gasteiger partial charge on any atom is 0.314 e. The van der Waals surface area contributed by atoms with E-state index in [1.54, 1.807) is 25.1 Å². The molecule has 10 heteroatoms. The lowest BCUT2D eigenvalue weighted by atomic mass is 9.79. The molecular formula is C33H28O10. The fourth-order valence-corrected chi connectivity index (χ4v) is 6.14. The molecule has 6 rings (SSSR count). The Hall–Kier alpha value is -5.09. The number of hydrogen-bond donors (Lipinski definition) is 3. The van der Waals surface area contributed by atoms with E-state index in [4.69, 9.17) is 18.9 Å². The molecule has 0 spiro atoms. The summed E-state index contributed by atoms with van der Waals surface area (Å²) in [4.78, 5) is 41.1. The van der Waals surface area contributed by atoms with Crippen LogP contribution in [0.15, 0.2) is 36.4 Å². The van der Waals surface area contributed by atoms with E-state index in [-0.39, 0.29) is 62.8 Å². The van der Waals surface area contributed by atoms with Crippen LogP contribution in [0.4, 0.5) is 0 Å². The molecule has 0 radical (unpaired) electrons. The van der Waals surface area contributed by atoms with Crippen molar-refractivity contribution in [1.82, 2.24) is 0 Å². The van der Waals surface area contributed by atoms with Crippen LogP contribution in [-0.2, 0) is 11.2 Å². The SMILES string of the molecule is COc1cc(OC)c2c(O)c3c(cc2c1)CC(C)(O)CC(=O)Oc1c2c(cc(OC)c1-3)C(=O)c1cc(C)cc(O)c1C2=O. The Morgan fingerprint density at radius 2 is 1.47 bits per heavy atom. The van der Waals surface area contributed by atoms with Crippen molar-refractivity contribution in [2.45, 2.75) is 32.3 Å². The fraction of sp³-hybridized carbons (Fsp3) is 0.242. The van der Waals surface area contributed by atoms with Crippen LogP contribution in [0, 0.1) is 6.92 Å². The summed E-state index contributed by atoms with van der Waals surface area (Å²) in [6.45, 7) is 3.14. The van der Waals surface area contributed by atoms with E-state index in [0.717, 1.165) is 0 Å². The molecule has 0 fully saturated rings. The number of ether oxygens (including phenoxy) is 4. The van der Waals surface area contributed by atoms with Gasteiger partial charge >= 0.3 is 5.97 Å². The number of phenolic OH excluding ortho intramolecular Hbond substituents is 2. The van der Waals surface area contributed by atoms with Gasteiger partial charge in [0.05, 0.1) is 55.4 Å². The highest BCUT2D eigenvalue weighted by Crippen LogP contribution is 2.54. The number of carbonyl (C=O) groups is 3. The van der Waals surface area contributed by atoms with Crippen LogP contribution in [0.1, 0.15) is 56.3 Å². The van der Waals surface area contributed by atoms with Gasteiger partial charge < -0.3 is 34.3 Å². The highest BCUT2D eigenvalue weighted by Gasteiger charge is 2.41. The summed E-state index contributed by atoms with van der Waals surface area (Å²) in [6.07, 6.45) is -0.572. The first kappa shape index (κ1) is 28.0. The number of carbonyl (C=O) groups excluding carboxylic acids is 3. The lowest BCUT2D eigenvalue weighted by Gasteiger charge is -2.26. The first-order chi connectivity index (χ1) is 20.4. The monoisotopic (exact) mass is 584 g/mol. The van der Waals surface area contributed by atoms with Crippen LogP contribution in [0.25, 0.3) is 21.9 Å². The van der Waals surface area contributed by atoms with Gasteiger partial charge in [0.1, 0.15) is 28.7 Å². The number of hydrogen-bond acceptors (Lipinski definition) is 10. The molecule has 10 nitrogen and oxygen atoms in total. The summed E-state index contributed by atoms with van der Waals surface area (Å²) in [7, 11) is 4.27. The van der Waals surface area contributed by atoms with E-state index in [1.165, 1.54) is 46.5 Å². The molecule has 1 heterocycles. The molecular weight excluding hydrogens is 556 g/mol. The van der Waals surface area contributed by atoms with Gasteiger partial charge in [0.25, 0.3) is 0 Å². The highest BCUT2D eigenvalue weighted by molar-refractivity contribution is 6.31. The predicted molar refractivity (Wildman–Crippen MR) is 155 cm³/mol. The van der Waals surface area contributed by atoms with Gasteiger partial charge in [-0.2, -0.15) is 0 Å². The molecule has 0 saturated carbocycles.